The normalized spacial score (nSPS) is 11.3. The second kappa shape index (κ2) is 5.81. The average Bonchev–Trinajstić information content (AvgIpc) is 2.76. The highest BCUT2D eigenvalue weighted by Crippen LogP contribution is 2.35. The maximum atomic E-state index is 4.68. The van der Waals surface area contributed by atoms with Gasteiger partial charge in [0.15, 0.2) is 0 Å². The van der Waals surface area contributed by atoms with Crippen molar-refractivity contribution in [1.82, 2.24) is 4.98 Å². The van der Waals surface area contributed by atoms with Crippen LogP contribution in [0.3, 0.4) is 0 Å². The zero-order valence-electron chi connectivity index (χ0n) is 15.1. The predicted octanol–water partition coefficient (Wildman–Crippen LogP) is 6.53. The van der Waals surface area contributed by atoms with Crippen LogP contribution < -0.4 is 0 Å². The molecule has 0 amide bonds. The first-order chi connectivity index (χ1) is 13.9. The molecule has 6 rings (SSSR count). The molecule has 0 saturated carbocycles. The Kier molecular flexibility index (Phi) is 3.15. The minimum Gasteiger partial charge on any atom is -0.239 e. The Hall–Kier alpha value is -3.89. The second-order valence-electron chi connectivity index (χ2n) is 7.11. The maximum Gasteiger partial charge on any atom is 0.114 e. The first-order valence-electron chi connectivity index (χ1n) is 9.41. The molecule has 6 aromatic rings. The molecule has 1 aromatic heterocycles. The zero-order chi connectivity index (χ0) is 18.5. The van der Waals surface area contributed by atoms with Crippen molar-refractivity contribution in [3.8, 4) is 11.8 Å². The number of para-hydroxylation sites is 1. The van der Waals surface area contributed by atoms with E-state index in [9.17, 15) is 0 Å². The number of pyridine rings is 1. The van der Waals surface area contributed by atoms with Crippen molar-refractivity contribution < 1.29 is 0 Å². The molecule has 0 fully saturated rings. The third kappa shape index (κ3) is 2.25. The van der Waals surface area contributed by atoms with E-state index in [1.165, 1.54) is 32.3 Å². The lowest BCUT2D eigenvalue weighted by Crippen LogP contribution is -1.87. The standard InChI is InChI=1S/C27H15N/c1-2-7-25-19(4-1)13-16-23(28-25)15-12-18-8-9-22-11-10-20-5-3-6-21-14-17-24(18)27(22)26(20)21/h1-11,13-14,16-17H. The summed E-state index contributed by atoms with van der Waals surface area (Å²) in [6, 6.07) is 31.8. The molecule has 5 aromatic carbocycles. The van der Waals surface area contributed by atoms with Crippen LogP contribution in [0.1, 0.15) is 11.3 Å². The van der Waals surface area contributed by atoms with E-state index in [0.29, 0.717) is 0 Å². The number of nitrogens with zero attached hydrogens (tertiary/aromatic N) is 1. The van der Waals surface area contributed by atoms with Crippen LogP contribution in [0.2, 0.25) is 0 Å². The Morgan fingerprint density at radius 1 is 0.500 bits per heavy atom. The SMILES string of the molecule is C(#Cc1ccc2ccc3cccc4ccc1c2c34)c1ccc2ccccc2n1. The summed E-state index contributed by atoms with van der Waals surface area (Å²) in [5.41, 5.74) is 2.81. The molecule has 0 atom stereocenters. The van der Waals surface area contributed by atoms with Gasteiger partial charge in [-0.05, 0) is 56.4 Å². The fraction of sp³-hybridized carbons (Fsp3) is 0. The van der Waals surface area contributed by atoms with Crippen LogP contribution >= 0.6 is 0 Å². The van der Waals surface area contributed by atoms with Crippen molar-refractivity contribution in [2.75, 3.05) is 0 Å². The summed E-state index contributed by atoms with van der Waals surface area (Å²) in [6.45, 7) is 0. The Balaban J connectivity index is 1.57. The van der Waals surface area contributed by atoms with Crippen LogP contribution in [0.5, 0.6) is 0 Å². The van der Waals surface area contributed by atoms with Crippen molar-refractivity contribution in [2.45, 2.75) is 0 Å². The predicted molar refractivity (Wildman–Crippen MR) is 118 cm³/mol. The second-order valence-corrected chi connectivity index (χ2v) is 7.11. The molecular weight excluding hydrogens is 338 g/mol. The van der Waals surface area contributed by atoms with E-state index >= 15 is 0 Å². The lowest BCUT2D eigenvalue weighted by Gasteiger charge is -2.11. The lowest BCUT2D eigenvalue weighted by atomic mass is 9.92. The van der Waals surface area contributed by atoms with Gasteiger partial charge in [-0.15, -0.1) is 0 Å². The third-order valence-electron chi connectivity index (χ3n) is 5.45. The summed E-state index contributed by atoms with van der Waals surface area (Å²) in [4.78, 5) is 4.68. The molecule has 0 spiro atoms. The number of hydrogen-bond acceptors (Lipinski definition) is 1. The van der Waals surface area contributed by atoms with Gasteiger partial charge in [0.25, 0.3) is 0 Å². The van der Waals surface area contributed by atoms with E-state index in [4.69, 9.17) is 0 Å². The highest BCUT2D eigenvalue weighted by molar-refractivity contribution is 6.23. The van der Waals surface area contributed by atoms with Crippen molar-refractivity contribution in [2.24, 2.45) is 0 Å². The van der Waals surface area contributed by atoms with Crippen LogP contribution in [0.25, 0.3) is 43.2 Å². The molecule has 1 heteroatoms. The average molecular weight is 353 g/mol. The van der Waals surface area contributed by atoms with Gasteiger partial charge in [0.05, 0.1) is 5.52 Å². The quantitative estimate of drug-likeness (QED) is 0.223. The molecule has 1 nitrogen and oxygen atoms in total. The van der Waals surface area contributed by atoms with E-state index in [-0.39, 0.29) is 0 Å². The summed E-state index contributed by atoms with van der Waals surface area (Å²) >= 11 is 0. The lowest BCUT2D eigenvalue weighted by molar-refractivity contribution is 1.36. The fourth-order valence-electron chi connectivity index (χ4n) is 4.11. The maximum absolute atomic E-state index is 4.68. The molecule has 0 bridgehead atoms. The van der Waals surface area contributed by atoms with Crippen LogP contribution in [-0.4, -0.2) is 4.98 Å². The van der Waals surface area contributed by atoms with Crippen molar-refractivity contribution in [3.05, 3.63) is 102 Å². The van der Waals surface area contributed by atoms with Crippen LogP contribution in [-0.2, 0) is 0 Å². The van der Waals surface area contributed by atoms with Gasteiger partial charge in [-0.2, -0.15) is 0 Å². The molecule has 0 radical (unpaired) electrons. The van der Waals surface area contributed by atoms with Crippen molar-refractivity contribution in [3.63, 3.8) is 0 Å². The Labute approximate surface area is 162 Å². The molecule has 0 saturated heterocycles. The summed E-state index contributed by atoms with van der Waals surface area (Å²) in [7, 11) is 0. The van der Waals surface area contributed by atoms with Crippen LogP contribution in [0, 0.1) is 11.8 Å². The van der Waals surface area contributed by atoms with Gasteiger partial charge < -0.3 is 0 Å². The van der Waals surface area contributed by atoms with E-state index in [2.05, 4.69) is 83.6 Å². The van der Waals surface area contributed by atoms with Gasteiger partial charge in [0.2, 0.25) is 0 Å². The minimum absolute atomic E-state index is 0.796. The number of rotatable bonds is 0. The molecule has 0 aliphatic rings. The number of hydrogen-bond donors (Lipinski definition) is 0. The highest BCUT2D eigenvalue weighted by atomic mass is 14.7. The smallest absolute Gasteiger partial charge is 0.114 e. The molecular formula is C27H15N. The molecule has 1 heterocycles. The van der Waals surface area contributed by atoms with Crippen LogP contribution in [0.15, 0.2) is 91.0 Å². The van der Waals surface area contributed by atoms with Gasteiger partial charge in [0.1, 0.15) is 5.69 Å². The summed E-state index contributed by atoms with van der Waals surface area (Å²) in [5, 5.41) is 8.77. The van der Waals surface area contributed by atoms with Crippen LogP contribution in [0.4, 0.5) is 0 Å². The zero-order valence-corrected chi connectivity index (χ0v) is 15.1. The molecule has 0 N–H and O–H groups in total. The van der Waals surface area contributed by atoms with Gasteiger partial charge in [-0.1, -0.05) is 78.7 Å². The van der Waals surface area contributed by atoms with Crippen molar-refractivity contribution in [1.29, 1.82) is 0 Å². The van der Waals surface area contributed by atoms with E-state index in [1.807, 2.05) is 24.3 Å². The Morgan fingerprint density at radius 2 is 1.18 bits per heavy atom. The Morgan fingerprint density at radius 3 is 2.07 bits per heavy atom. The third-order valence-corrected chi connectivity index (χ3v) is 5.45. The van der Waals surface area contributed by atoms with E-state index in [0.717, 1.165) is 22.2 Å². The van der Waals surface area contributed by atoms with Gasteiger partial charge in [0, 0.05) is 10.9 Å². The first kappa shape index (κ1) is 15.2. The number of fused-ring (bicyclic) bond motifs is 1. The summed E-state index contributed by atoms with van der Waals surface area (Å²) in [6.07, 6.45) is 0. The summed E-state index contributed by atoms with van der Waals surface area (Å²) < 4.78 is 0. The van der Waals surface area contributed by atoms with Crippen molar-refractivity contribution >= 4 is 43.2 Å². The van der Waals surface area contributed by atoms with E-state index in [1.54, 1.807) is 0 Å². The highest BCUT2D eigenvalue weighted by Gasteiger charge is 2.09. The van der Waals surface area contributed by atoms with Gasteiger partial charge >= 0.3 is 0 Å². The van der Waals surface area contributed by atoms with Gasteiger partial charge in [-0.3, -0.25) is 0 Å². The Bertz CT molecular complexity index is 1550. The molecule has 0 unspecified atom stereocenters. The van der Waals surface area contributed by atoms with Gasteiger partial charge in [-0.25, -0.2) is 4.98 Å². The number of aromatic nitrogens is 1. The monoisotopic (exact) mass is 353 g/mol. The minimum atomic E-state index is 0.796. The largest absolute Gasteiger partial charge is 0.239 e. The summed E-state index contributed by atoms with van der Waals surface area (Å²) in [5.74, 6) is 6.63. The fourth-order valence-corrected chi connectivity index (χ4v) is 4.11. The molecule has 128 valence electrons. The molecule has 28 heavy (non-hydrogen) atoms. The van der Waals surface area contributed by atoms with E-state index < -0.39 is 0 Å². The number of benzene rings is 5. The molecule has 0 aliphatic heterocycles. The topological polar surface area (TPSA) is 12.9 Å². The first-order valence-corrected chi connectivity index (χ1v) is 9.41. The molecule has 0 aliphatic carbocycles.